The molecule has 0 saturated heterocycles. The van der Waals surface area contributed by atoms with Gasteiger partial charge in [-0.25, -0.2) is 4.79 Å². The molecule has 0 bridgehead atoms. The summed E-state index contributed by atoms with van der Waals surface area (Å²) in [6.45, 7) is 0. The third kappa shape index (κ3) is 5.50. The highest BCUT2D eigenvalue weighted by molar-refractivity contribution is 6.34. The van der Waals surface area contributed by atoms with Crippen LogP contribution in [0.25, 0.3) is 0 Å². The van der Waals surface area contributed by atoms with Crippen LogP contribution in [-0.4, -0.2) is 29.2 Å². The third-order valence-electron chi connectivity index (χ3n) is 5.01. The molecule has 0 atom stereocenters. The quantitative estimate of drug-likeness (QED) is 0.161. The zero-order valence-electron chi connectivity index (χ0n) is 18.1. The highest BCUT2D eigenvalue weighted by atomic mass is 35.5. The minimum Gasteiger partial charge on any atom is -0.431 e. The first-order chi connectivity index (χ1) is 17.2. The van der Waals surface area contributed by atoms with E-state index in [-0.39, 0.29) is 16.3 Å². The van der Waals surface area contributed by atoms with Gasteiger partial charge in [0.2, 0.25) is 0 Å². The number of hydrogen-bond donors (Lipinski definition) is 1. The van der Waals surface area contributed by atoms with Crippen molar-refractivity contribution in [1.29, 1.82) is 0 Å². The highest BCUT2D eigenvalue weighted by Gasteiger charge is 2.75. The molecule has 0 aromatic heterocycles. The van der Waals surface area contributed by atoms with Gasteiger partial charge in [0.05, 0.1) is 21.1 Å². The molecular weight excluding hydrogens is 534 g/mol. The maximum absolute atomic E-state index is 14.0. The van der Waals surface area contributed by atoms with Gasteiger partial charge in [-0.05, 0) is 30.3 Å². The number of halogens is 7. The van der Waals surface area contributed by atoms with Gasteiger partial charge < -0.3 is 10.1 Å². The lowest BCUT2D eigenvalue weighted by molar-refractivity contribution is -0.384. The summed E-state index contributed by atoms with van der Waals surface area (Å²) < 4.78 is 88.0. The number of ether oxygens (including phenoxy) is 1. The Kier molecular flexibility index (Phi) is 7.49. The molecule has 37 heavy (non-hydrogen) atoms. The van der Waals surface area contributed by atoms with E-state index in [2.05, 4.69) is 10.1 Å². The number of carbonyl (C=O) groups is 2. The van der Waals surface area contributed by atoms with Crippen molar-refractivity contribution < 1.29 is 45.6 Å². The van der Waals surface area contributed by atoms with E-state index < -0.39 is 51.6 Å². The number of hydrogen-bond acceptors (Lipinski definition) is 5. The second-order valence-electron chi connectivity index (χ2n) is 7.38. The smallest absolute Gasteiger partial charge is 0.431 e. The van der Waals surface area contributed by atoms with Gasteiger partial charge in [0, 0.05) is 23.4 Å². The van der Waals surface area contributed by atoms with Crippen LogP contribution in [0.3, 0.4) is 0 Å². The molecule has 14 heteroatoms. The van der Waals surface area contributed by atoms with Crippen molar-refractivity contribution in [2.75, 3.05) is 5.32 Å². The van der Waals surface area contributed by atoms with Gasteiger partial charge in [-0.1, -0.05) is 41.9 Å². The van der Waals surface area contributed by atoms with Gasteiger partial charge in [-0.15, -0.1) is 0 Å². The zero-order chi connectivity index (χ0) is 27.6. The summed E-state index contributed by atoms with van der Waals surface area (Å²) in [7, 11) is 0. The topological polar surface area (TPSA) is 98.5 Å². The Morgan fingerprint density at radius 3 is 1.95 bits per heavy atom. The SMILES string of the molecule is O=C(OC(c1ccc(NC(=O)c2cc([N+](=O)[O-])ccc2Cl)cc1)(C(F)(F)F)C(F)(F)F)c1ccccc1. The van der Waals surface area contributed by atoms with E-state index in [1.54, 1.807) is 0 Å². The molecule has 3 aromatic rings. The molecule has 0 aliphatic carbocycles. The van der Waals surface area contributed by atoms with Gasteiger partial charge in [0.25, 0.3) is 11.6 Å². The number of non-ortho nitro benzene ring substituents is 1. The van der Waals surface area contributed by atoms with E-state index in [0.717, 1.165) is 30.3 Å². The van der Waals surface area contributed by atoms with E-state index in [0.29, 0.717) is 24.3 Å². The zero-order valence-corrected chi connectivity index (χ0v) is 18.8. The Balaban J connectivity index is 1.98. The summed E-state index contributed by atoms with van der Waals surface area (Å²) in [5, 5.41) is 12.9. The summed E-state index contributed by atoms with van der Waals surface area (Å²) in [5.74, 6) is -2.89. The lowest BCUT2D eigenvalue weighted by Gasteiger charge is -2.36. The van der Waals surface area contributed by atoms with Crippen molar-refractivity contribution in [3.8, 4) is 0 Å². The van der Waals surface area contributed by atoms with Crippen molar-refractivity contribution in [2.24, 2.45) is 0 Å². The number of carbonyl (C=O) groups excluding carboxylic acids is 2. The number of nitro groups is 1. The van der Waals surface area contributed by atoms with E-state index in [1.165, 1.54) is 18.2 Å². The molecule has 0 aliphatic rings. The summed E-state index contributed by atoms with van der Waals surface area (Å²) >= 11 is 5.86. The number of nitrogens with one attached hydrogen (secondary N) is 1. The number of nitrogens with zero attached hydrogens (tertiary/aromatic N) is 1. The molecule has 0 aliphatic heterocycles. The average molecular weight is 547 g/mol. The Labute approximate surface area is 208 Å². The van der Waals surface area contributed by atoms with Crippen molar-refractivity contribution in [2.45, 2.75) is 18.0 Å². The minimum absolute atomic E-state index is 0.194. The monoisotopic (exact) mass is 546 g/mol. The van der Waals surface area contributed by atoms with Crippen LogP contribution in [0.5, 0.6) is 0 Å². The van der Waals surface area contributed by atoms with Crippen LogP contribution in [-0.2, 0) is 10.3 Å². The molecule has 0 saturated carbocycles. The number of anilines is 1. The molecule has 3 aromatic carbocycles. The van der Waals surface area contributed by atoms with Crippen LogP contribution in [0, 0.1) is 10.1 Å². The second kappa shape index (κ2) is 10.1. The first-order valence-electron chi connectivity index (χ1n) is 9.95. The average Bonchev–Trinajstić information content (AvgIpc) is 2.82. The van der Waals surface area contributed by atoms with Crippen LogP contribution >= 0.6 is 11.6 Å². The first-order valence-corrected chi connectivity index (χ1v) is 10.3. The lowest BCUT2D eigenvalue weighted by atomic mass is 9.91. The fraction of sp³-hybridized carbons (Fsp3) is 0.130. The van der Waals surface area contributed by atoms with Crippen molar-refractivity contribution in [1.82, 2.24) is 0 Å². The number of benzene rings is 3. The molecule has 1 N–H and O–H groups in total. The van der Waals surface area contributed by atoms with Crippen LogP contribution in [0.1, 0.15) is 26.3 Å². The van der Waals surface area contributed by atoms with Gasteiger partial charge in [-0.2, -0.15) is 26.3 Å². The summed E-state index contributed by atoms with van der Waals surface area (Å²) in [5.41, 5.74) is -8.18. The highest BCUT2D eigenvalue weighted by Crippen LogP contribution is 2.53. The van der Waals surface area contributed by atoms with Gasteiger partial charge in [0.15, 0.2) is 0 Å². The molecule has 3 rings (SSSR count). The van der Waals surface area contributed by atoms with Crippen LogP contribution in [0.4, 0.5) is 37.7 Å². The number of nitro benzene ring substituents is 1. The molecule has 0 heterocycles. The van der Waals surface area contributed by atoms with E-state index in [9.17, 15) is 46.0 Å². The summed E-state index contributed by atoms with van der Waals surface area (Å²) in [6, 6.07) is 10.9. The Morgan fingerprint density at radius 1 is 0.865 bits per heavy atom. The third-order valence-corrected chi connectivity index (χ3v) is 5.34. The number of alkyl halides is 6. The maximum atomic E-state index is 14.0. The normalized spacial score (nSPS) is 12.1. The predicted molar refractivity (Wildman–Crippen MR) is 118 cm³/mol. The molecule has 0 spiro atoms. The maximum Gasteiger partial charge on any atom is 0.442 e. The van der Waals surface area contributed by atoms with Gasteiger partial charge in [-0.3, -0.25) is 14.9 Å². The van der Waals surface area contributed by atoms with Gasteiger partial charge >= 0.3 is 23.9 Å². The lowest BCUT2D eigenvalue weighted by Crippen LogP contribution is -2.56. The second-order valence-corrected chi connectivity index (χ2v) is 7.79. The van der Waals surface area contributed by atoms with E-state index >= 15 is 0 Å². The summed E-state index contributed by atoms with van der Waals surface area (Å²) in [4.78, 5) is 34.8. The molecule has 0 radical (unpaired) electrons. The molecule has 1 amide bonds. The van der Waals surface area contributed by atoms with Crippen LogP contribution in [0.2, 0.25) is 5.02 Å². The molecule has 0 unspecified atom stereocenters. The number of amides is 1. The van der Waals surface area contributed by atoms with Crippen LogP contribution in [0.15, 0.2) is 72.8 Å². The van der Waals surface area contributed by atoms with E-state index in [1.807, 2.05) is 0 Å². The standard InChI is InChI=1S/C23H13ClF6N2O5/c24-18-11-10-16(32(35)36)12-17(18)19(33)31-15-8-6-14(7-9-15)21(22(25,26)27,23(28,29)30)37-20(34)13-4-2-1-3-5-13/h1-12H,(H,31,33). The van der Waals surface area contributed by atoms with Crippen molar-refractivity contribution in [3.05, 3.63) is 105 Å². The fourth-order valence-electron chi connectivity index (χ4n) is 3.22. The van der Waals surface area contributed by atoms with Crippen molar-refractivity contribution >= 4 is 34.9 Å². The molecular formula is C23H13ClF6N2O5. The fourth-order valence-corrected chi connectivity index (χ4v) is 3.43. The predicted octanol–water partition coefficient (Wildman–Crippen LogP) is 6.68. The first kappa shape index (κ1) is 27.5. The minimum atomic E-state index is -6.13. The molecule has 194 valence electrons. The van der Waals surface area contributed by atoms with E-state index in [4.69, 9.17) is 11.6 Å². The Bertz CT molecular complexity index is 1310. The number of esters is 1. The van der Waals surface area contributed by atoms with Crippen molar-refractivity contribution in [3.63, 3.8) is 0 Å². The number of rotatable bonds is 6. The Hall–Kier alpha value is -4.13. The largest absolute Gasteiger partial charge is 0.442 e. The Morgan fingerprint density at radius 2 is 1.43 bits per heavy atom. The van der Waals surface area contributed by atoms with Gasteiger partial charge in [0.1, 0.15) is 0 Å². The molecule has 0 fully saturated rings. The summed E-state index contributed by atoms with van der Waals surface area (Å²) in [6.07, 6.45) is -12.3. The molecule has 7 nitrogen and oxygen atoms in total. The van der Waals surface area contributed by atoms with Crippen LogP contribution < -0.4 is 5.32 Å².